The van der Waals surface area contributed by atoms with Crippen LogP contribution in [0.3, 0.4) is 0 Å². The van der Waals surface area contributed by atoms with E-state index in [-0.39, 0.29) is 23.7 Å². The van der Waals surface area contributed by atoms with E-state index in [1.165, 1.54) is 31.4 Å². The van der Waals surface area contributed by atoms with Gasteiger partial charge in [-0.2, -0.15) is 13.2 Å². The fraction of sp³-hybridized carbons (Fsp3) is 0.696. The van der Waals surface area contributed by atoms with E-state index in [0.717, 1.165) is 56.9 Å². The van der Waals surface area contributed by atoms with Gasteiger partial charge in [-0.25, -0.2) is 0 Å². The highest BCUT2D eigenvalue weighted by atomic mass is 19.4. The summed E-state index contributed by atoms with van der Waals surface area (Å²) in [5, 5.41) is 0. The summed E-state index contributed by atoms with van der Waals surface area (Å²) in [5.41, 5.74) is 0.135. The molecule has 160 valence electrons. The molecule has 1 aliphatic carbocycles. The van der Waals surface area contributed by atoms with Crippen molar-refractivity contribution in [3.05, 3.63) is 35.4 Å². The van der Waals surface area contributed by atoms with Gasteiger partial charge in [0, 0.05) is 31.5 Å². The van der Waals surface area contributed by atoms with Gasteiger partial charge in [-0.05, 0) is 56.3 Å². The molecule has 29 heavy (non-hydrogen) atoms. The van der Waals surface area contributed by atoms with E-state index in [1.54, 1.807) is 0 Å². The summed E-state index contributed by atoms with van der Waals surface area (Å²) in [6.07, 6.45) is 3.43. The standard InChI is InChI=1S/C23H31F3N2O/c24-23(25,26)20-10-6-9-18(13-20)21-16-28(22(29)17-7-2-3-8-17)15-19(21)14-27-11-4-1-5-12-27/h6,9-10,13,17,19,21H,1-5,7-8,11-12,14-16H2. The van der Waals surface area contributed by atoms with Crippen molar-refractivity contribution in [3.8, 4) is 0 Å². The zero-order chi connectivity index (χ0) is 20.4. The third-order valence-electron chi connectivity index (χ3n) is 7.04. The first-order valence-electron chi connectivity index (χ1n) is 11.1. The van der Waals surface area contributed by atoms with Crippen molar-refractivity contribution in [2.24, 2.45) is 11.8 Å². The van der Waals surface area contributed by atoms with Crippen LogP contribution in [0.4, 0.5) is 13.2 Å². The molecule has 6 heteroatoms. The zero-order valence-electron chi connectivity index (χ0n) is 17.0. The third kappa shape index (κ3) is 4.79. The summed E-state index contributed by atoms with van der Waals surface area (Å²) in [4.78, 5) is 17.4. The first-order chi connectivity index (χ1) is 13.9. The molecule has 1 saturated carbocycles. The molecule has 2 atom stereocenters. The zero-order valence-corrected chi connectivity index (χ0v) is 17.0. The van der Waals surface area contributed by atoms with Crippen molar-refractivity contribution in [1.29, 1.82) is 0 Å². The Hall–Kier alpha value is -1.56. The quantitative estimate of drug-likeness (QED) is 0.706. The molecule has 2 saturated heterocycles. The molecule has 0 N–H and O–H groups in total. The number of halogens is 3. The van der Waals surface area contributed by atoms with E-state index in [4.69, 9.17) is 0 Å². The Kier molecular flexibility index (Phi) is 6.19. The van der Waals surface area contributed by atoms with Gasteiger partial charge in [0.05, 0.1) is 5.56 Å². The van der Waals surface area contributed by atoms with Crippen molar-refractivity contribution in [3.63, 3.8) is 0 Å². The van der Waals surface area contributed by atoms with Gasteiger partial charge in [0.15, 0.2) is 0 Å². The van der Waals surface area contributed by atoms with Gasteiger partial charge in [-0.15, -0.1) is 0 Å². The average Bonchev–Trinajstić information content (AvgIpc) is 3.38. The minimum Gasteiger partial charge on any atom is -0.341 e. The van der Waals surface area contributed by atoms with E-state index < -0.39 is 11.7 Å². The number of likely N-dealkylation sites (tertiary alicyclic amines) is 2. The van der Waals surface area contributed by atoms with Crippen molar-refractivity contribution >= 4 is 5.91 Å². The third-order valence-corrected chi connectivity index (χ3v) is 7.04. The van der Waals surface area contributed by atoms with Crippen LogP contribution in [0, 0.1) is 11.8 Å². The Morgan fingerprint density at radius 3 is 2.41 bits per heavy atom. The molecule has 4 rings (SSSR count). The highest BCUT2D eigenvalue weighted by molar-refractivity contribution is 5.79. The maximum absolute atomic E-state index is 13.3. The number of alkyl halides is 3. The van der Waals surface area contributed by atoms with Gasteiger partial charge in [0.25, 0.3) is 0 Å². The van der Waals surface area contributed by atoms with Crippen LogP contribution in [0.15, 0.2) is 24.3 Å². The van der Waals surface area contributed by atoms with Gasteiger partial charge in [0.1, 0.15) is 0 Å². The van der Waals surface area contributed by atoms with Gasteiger partial charge in [0.2, 0.25) is 5.91 Å². The van der Waals surface area contributed by atoms with Crippen molar-refractivity contribution in [2.45, 2.75) is 57.0 Å². The smallest absolute Gasteiger partial charge is 0.341 e. The SMILES string of the molecule is O=C(C1CCCC1)N1CC(CN2CCCCC2)C(c2cccc(C(F)(F)F)c2)C1. The molecule has 0 radical (unpaired) electrons. The number of hydrogen-bond acceptors (Lipinski definition) is 2. The maximum Gasteiger partial charge on any atom is 0.416 e. The predicted molar refractivity (Wildman–Crippen MR) is 107 cm³/mol. The van der Waals surface area contributed by atoms with Crippen LogP contribution in [-0.4, -0.2) is 48.4 Å². The molecule has 2 unspecified atom stereocenters. The van der Waals surface area contributed by atoms with E-state index >= 15 is 0 Å². The largest absolute Gasteiger partial charge is 0.416 e. The monoisotopic (exact) mass is 408 g/mol. The molecular formula is C23H31F3N2O. The lowest BCUT2D eigenvalue weighted by molar-refractivity contribution is -0.137. The minimum atomic E-state index is -4.34. The topological polar surface area (TPSA) is 23.6 Å². The molecule has 1 aromatic carbocycles. The number of nitrogens with zero attached hydrogens (tertiary/aromatic N) is 2. The van der Waals surface area contributed by atoms with Crippen LogP contribution in [0.25, 0.3) is 0 Å². The Morgan fingerprint density at radius 2 is 1.72 bits per heavy atom. The maximum atomic E-state index is 13.3. The van der Waals surface area contributed by atoms with Crippen molar-refractivity contribution in [1.82, 2.24) is 9.80 Å². The summed E-state index contributed by atoms with van der Waals surface area (Å²) < 4.78 is 39.8. The first kappa shape index (κ1) is 20.7. The summed E-state index contributed by atoms with van der Waals surface area (Å²) in [5.74, 6) is 0.512. The summed E-state index contributed by atoms with van der Waals surface area (Å²) in [7, 11) is 0. The number of carbonyl (C=O) groups excluding carboxylic acids is 1. The molecule has 3 nitrogen and oxygen atoms in total. The molecule has 0 aromatic heterocycles. The van der Waals surface area contributed by atoms with E-state index in [0.29, 0.717) is 13.1 Å². The van der Waals surface area contributed by atoms with Crippen molar-refractivity contribution < 1.29 is 18.0 Å². The number of hydrogen-bond donors (Lipinski definition) is 0. The second-order valence-electron chi connectivity index (χ2n) is 9.08. The Balaban J connectivity index is 1.55. The number of benzene rings is 1. The van der Waals surface area contributed by atoms with E-state index in [1.807, 2.05) is 11.0 Å². The van der Waals surface area contributed by atoms with Crippen LogP contribution in [0.5, 0.6) is 0 Å². The van der Waals surface area contributed by atoms with Gasteiger partial charge in [-0.3, -0.25) is 4.79 Å². The predicted octanol–water partition coefficient (Wildman–Crippen LogP) is 4.92. The highest BCUT2D eigenvalue weighted by Crippen LogP contribution is 2.38. The molecule has 2 heterocycles. The highest BCUT2D eigenvalue weighted by Gasteiger charge is 2.40. The minimum absolute atomic E-state index is 0.0235. The summed E-state index contributed by atoms with van der Waals surface area (Å²) in [6.45, 7) is 4.21. The van der Waals surface area contributed by atoms with Gasteiger partial charge < -0.3 is 9.80 Å². The van der Waals surface area contributed by atoms with Gasteiger partial charge >= 0.3 is 6.18 Å². The lowest BCUT2D eigenvalue weighted by Gasteiger charge is -2.31. The Morgan fingerprint density at radius 1 is 1.00 bits per heavy atom. The van der Waals surface area contributed by atoms with Crippen LogP contribution in [0.1, 0.15) is 62.0 Å². The van der Waals surface area contributed by atoms with Crippen molar-refractivity contribution in [2.75, 3.05) is 32.7 Å². The molecule has 0 spiro atoms. The average molecular weight is 409 g/mol. The second-order valence-corrected chi connectivity index (χ2v) is 9.08. The molecule has 1 aromatic rings. The fourth-order valence-corrected chi connectivity index (χ4v) is 5.46. The van der Waals surface area contributed by atoms with Crippen LogP contribution >= 0.6 is 0 Å². The molecule has 3 aliphatic rings. The fourth-order valence-electron chi connectivity index (χ4n) is 5.46. The number of carbonyl (C=O) groups is 1. The summed E-state index contributed by atoms with van der Waals surface area (Å²) in [6, 6.07) is 5.77. The first-order valence-corrected chi connectivity index (χ1v) is 11.1. The number of piperidine rings is 1. The van der Waals surface area contributed by atoms with Crippen LogP contribution in [0.2, 0.25) is 0 Å². The molecule has 2 aliphatic heterocycles. The van der Waals surface area contributed by atoms with Gasteiger partial charge in [-0.1, -0.05) is 37.5 Å². The second kappa shape index (κ2) is 8.66. The molecular weight excluding hydrogens is 377 g/mol. The Bertz CT molecular complexity index is 708. The van der Waals surface area contributed by atoms with Crippen LogP contribution < -0.4 is 0 Å². The van der Waals surface area contributed by atoms with Crippen LogP contribution in [-0.2, 0) is 11.0 Å². The number of rotatable bonds is 4. The molecule has 0 bridgehead atoms. The number of amides is 1. The van der Waals surface area contributed by atoms with E-state index in [9.17, 15) is 18.0 Å². The van der Waals surface area contributed by atoms with E-state index in [2.05, 4.69) is 4.90 Å². The normalized spacial score (nSPS) is 26.9. The Labute approximate surface area is 171 Å². The molecule has 1 amide bonds. The lowest BCUT2D eigenvalue weighted by Crippen LogP contribution is -2.37. The lowest BCUT2D eigenvalue weighted by atomic mass is 9.87. The summed E-state index contributed by atoms with van der Waals surface area (Å²) >= 11 is 0. The molecule has 3 fully saturated rings.